The lowest BCUT2D eigenvalue weighted by molar-refractivity contribution is -0.132. The number of aliphatic hydroxyl groups is 1. The normalized spacial score (nSPS) is 13.8. The monoisotopic (exact) mass is 343 g/mol. The Balaban J connectivity index is 1.61. The zero-order chi connectivity index (χ0) is 16.4. The summed E-state index contributed by atoms with van der Waals surface area (Å²) in [6.45, 7) is 0.301. The lowest BCUT2D eigenvalue weighted by atomic mass is 10.3. The van der Waals surface area contributed by atoms with Crippen LogP contribution in [-0.2, 0) is 24.4 Å². The number of hydrogen-bond acceptors (Lipinski definition) is 5. The highest BCUT2D eigenvalue weighted by atomic mass is 32.2. The van der Waals surface area contributed by atoms with Crippen LogP contribution in [0, 0.1) is 0 Å². The Morgan fingerprint density at radius 2 is 2.22 bits per heavy atom. The number of fused-ring (bicyclic) bond motifs is 1. The molecule has 23 heavy (non-hydrogen) atoms. The summed E-state index contributed by atoms with van der Waals surface area (Å²) in [6.07, 6.45) is 2.54. The molecule has 124 valence electrons. The highest BCUT2D eigenvalue weighted by Gasteiger charge is 2.26. The minimum atomic E-state index is -2.44. The van der Waals surface area contributed by atoms with E-state index in [9.17, 15) is 13.6 Å². The van der Waals surface area contributed by atoms with Gasteiger partial charge in [-0.2, -0.15) is 10.2 Å². The Kier molecular flexibility index (Phi) is 4.62. The number of carbonyl (C=O) groups is 1. The molecule has 3 heterocycles. The number of amides is 1. The van der Waals surface area contributed by atoms with Crippen LogP contribution >= 0.6 is 11.9 Å². The minimum absolute atomic E-state index is 0.0991. The maximum atomic E-state index is 12.3. The summed E-state index contributed by atoms with van der Waals surface area (Å²) in [5, 5.41) is 17.1. The number of rotatable bonds is 6. The number of halogens is 2. The summed E-state index contributed by atoms with van der Waals surface area (Å²) < 4.78 is 27.4. The molecule has 0 spiro atoms. The standard InChI is InChI=1S/C13H15F2N5O2S/c14-12(15)8-19-6-10(3-16-19)23-20-5-9-4-18(7-11(9)17-20)13(22)1-2-21/h3,5-6,12,21H,1-2,4,7-8H2. The predicted molar refractivity (Wildman–Crippen MR) is 77.7 cm³/mol. The minimum Gasteiger partial charge on any atom is -0.396 e. The molecule has 0 bridgehead atoms. The van der Waals surface area contributed by atoms with Gasteiger partial charge < -0.3 is 10.0 Å². The molecule has 3 rings (SSSR count). The smallest absolute Gasteiger partial charge is 0.257 e. The molecule has 1 N–H and O–H groups in total. The van der Waals surface area contributed by atoms with Crippen molar-refractivity contribution in [2.24, 2.45) is 0 Å². The van der Waals surface area contributed by atoms with Gasteiger partial charge in [0.25, 0.3) is 6.43 Å². The number of nitrogens with zero attached hydrogens (tertiary/aromatic N) is 5. The van der Waals surface area contributed by atoms with Gasteiger partial charge in [-0.1, -0.05) is 0 Å². The van der Waals surface area contributed by atoms with E-state index in [1.165, 1.54) is 22.8 Å². The summed E-state index contributed by atoms with van der Waals surface area (Å²) in [4.78, 5) is 14.1. The van der Waals surface area contributed by atoms with Gasteiger partial charge >= 0.3 is 0 Å². The van der Waals surface area contributed by atoms with Gasteiger partial charge in [-0.05, 0) is 0 Å². The number of aromatic nitrogens is 4. The molecule has 0 fully saturated rings. The van der Waals surface area contributed by atoms with Crippen molar-refractivity contribution in [3.63, 3.8) is 0 Å². The fraction of sp³-hybridized carbons (Fsp3) is 0.462. The zero-order valence-electron chi connectivity index (χ0n) is 12.1. The van der Waals surface area contributed by atoms with Gasteiger partial charge in [-0.15, -0.1) is 0 Å². The fourth-order valence-corrected chi connectivity index (χ4v) is 3.14. The Labute approximate surface area is 135 Å². The molecule has 1 amide bonds. The summed E-state index contributed by atoms with van der Waals surface area (Å²) in [7, 11) is 0. The van der Waals surface area contributed by atoms with E-state index in [0.29, 0.717) is 18.0 Å². The van der Waals surface area contributed by atoms with Gasteiger partial charge in [0.1, 0.15) is 6.54 Å². The summed E-state index contributed by atoms with van der Waals surface area (Å²) >= 11 is 1.27. The first kappa shape index (κ1) is 15.9. The second kappa shape index (κ2) is 6.67. The van der Waals surface area contributed by atoms with Crippen LogP contribution in [0.4, 0.5) is 8.78 Å². The highest BCUT2D eigenvalue weighted by Crippen LogP contribution is 2.26. The van der Waals surface area contributed by atoms with E-state index in [-0.39, 0.29) is 18.9 Å². The molecule has 1 aliphatic rings. The Morgan fingerprint density at radius 1 is 1.39 bits per heavy atom. The average Bonchev–Trinajstić information content (AvgIpc) is 3.13. The second-order valence-electron chi connectivity index (χ2n) is 5.11. The molecule has 2 aromatic rings. The van der Waals surface area contributed by atoms with Crippen molar-refractivity contribution in [2.45, 2.75) is 37.4 Å². The van der Waals surface area contributed by atoms with Crippen LogP contribution in [0.1, 0.15) is 17.7 Å². The maximum Gasteiger partial charge on any atom is 0.257 e. The summed E-state index contributed by atoms with van der Waals surface area (Å²) in [6, 6.07) is 0. The molecule has 0 atom stereocenters. The van der Waals surface area contributed by atoms with Crippen molar-refractivity contribution >= 4 is 17.9 Å². The van der Waals surface area contributed by atoms with Crippen molar-refractivity contribution < 1.29 is 18.7 Å². The van der Waals surface area contributed by atoms with Gasteiger partial charge in [-0.25, -0.2) is 12.9 Å². The van der Waals surface area contributed by atoms with Gasteiger partial charge in [-0.3, -0.25) is 9.48 Å². The maximum absolute atomic E-state index is 12.3. The van der Waals surface area contributed by atoms with Crippen LogP contribution in [0.3, 0.4) is 0 Å². The molecule has 7 nitrogen and oxygen atoms in total. The fourth-order valence-electron chi connectivity index (χ4n) is 2.35. The van der Waals surface area contributed by atoms with Crippen LogP contribution < -0.4 is 0 Å². The predicted octanol–water partition coefficient (Wildman–Crippen LogP) is 1.12. The van der Waals surface area contributed by atoms with E-state index >= 15 is 0 Å². The average molecular weight is 343 g/mol. The quantitative estimate of drug-likeness (QED) is 0.851. The Morgan fingerprint density at radius 3 is 2.91 bits per heavy atom. The van der Waals surface area contributed by atoms with Crippen molar-refractivity contribution in [3.8, 4) is 0 Å². The first-order valence-electron chi connectivity index (χ1n) is 7.00. The molecule has 0 saturated heterocycles. The highest BCUT2D eigenvalue weighted by molar-refractivity contribution is 7.97. The second-order valence-corrected chi connectivity index (χ2v) is 6.14. The van der Waals surface area contributed by atoms with Crippen LogP contribution in [0.2, 0.25) is 0 Å². The van der Waals surface area contributed by atoms with Gasteiger partial charge in [0.15, 0.2) is 0 Å². The SMILES string of the molecule is O=C(CCO)N1Cc2cn(Sc3cnn(CC(F)F)c3)nc2C1. The molecule has 1 aliphatic heterocycles. The molecular formula is C13H15F2N5O2S. The van der Waals surface area contributed by atoms with E-state index in [1.807, 2.05) is 6.20 Å². The Hall–Kier alpha value is -1.94. The lowest BCUT2D eigenvalue weighted by Crippen LogP contribution is -2.26. The summed E-state index contributed by atoms with van der Waals surface area (Å²) in [5.41, 5.74) is 1.76. The first-order chi connectivity index (χ1) is 11.0. The zero-order valence-corrected chi connectivity index (χ0v) is 12.9. The molecule has 0 aromatic carbocycles. The van der Waals surface area contributed by atoms with Crippen molar-refractivity contribution in [3.05, 3.63) is 29.8 Å². The lowest BCUT2D eigenvalue weighted by Gasteiger charge is -2.14. The van der Waals surface area contributed by atoms with Gasteiger partial charge in [0.2, 0.25) is 5.91 Å². The Bertz CT molecular complexity index is 679. The van der Waals surface area contributed by atoms with Crippen LogP contribution in [0.5, 0.6) is 0 Å². The van der Waals surface area contributed by atoms with E-state index in [2.05, 4.69) is 10.2 Å². The molecule has 2 aromatic heterocycles. The van der Waals surface area contributed by atoms with Crippen molar-refractivity contribution in [2.75, 3.05) is 6.61 Å². The van der Waals surface area contributed by atoms with Gasteiger partial charge in [0, 0.05) is 42.9 Å². The summed E-state index contributed by atoms with van der Waals surface area (Å²) in [5.74, 6) is -0.0991. The first-order valence-corrected chi connectivity index (χ1v) is 7.77. The third-order valence-corrected chi connectivity index (χ3v) is 4.17. The van der Waals surface area contributed by atoms with Crippen LogP contribution in [0.15, 0.2) is 23.5 Å². The van der Waals surface area contributed by atoms with E-state index < -0.39 is 13.0 Å². The van der Waals surface area contributed by atoms with Crippen molar-refractivity contribution in [1.29, 1.82) is 0 Å². The molecule has 0 aliphatic carbocycles. The molecule has 10 heteroatoms. The number of carbonyl (C=O) groups excluding carboxylic acids is 1. The van der Waals surface area contributed by atoms with Crippen LogP contribution in [0.25, 0.3) is 0 Å². The van der Waals surface area contributed by atoms with Crippen LogP contribution in [-0.4, -0.2) is 47.9 Å². The molecular weight excluding hydrogens is 328 g/mol. The topological polar surface area (TPSA) is 76.2 Å². The molecule has 0 saturated carbocycles. The number of aliphatic hydroxyl groups excluding tert-OH is 1. The van der Waals surface area contributed by atoms with E-state index in [4.69, 9.17) is 5.11 Å². The number of alkyl halides is 2. The third-order valence-electron chi connectivity index (χ3n) is 3.37. The van der Waals surface area contributed by atoms with E-state index in [0.717, 1.165) is 11.3 Å². The van der Waals surface area contributed by atoms with E-state index in [1.54, 1.807) is 15.2 Å². The van der Waals surface area contributed by atoms with Crippen molar-refractivity contribution in [1.82, 2.24) is 23.9 Å². The van der Waals surface area contributed by atoms with Gasteiger partial charge in [0.05, 0.1) is 29.9 Å². The molecule has 0 radical (unpaired) electrons. The number of hydrogen-bond donors (Lipinski definition) is 1. The third kappa shape index (κ3) is 3.70. The largest absolute Gasteiger partial charge is 0.396 e. The molecule has 0 unspecified atom stereocenters.